The first-order valence-electron chi connectivity index (χ1n) is 9.25. The summed E-state index contributed by atoms with van der Waals surface area (Å²) >= 11 is 1.19. The fraction of sp³-hybridized carbons (Fsp3) is 0.250. The van der Waals surface area contributed by atoms with E-state index < -0.39 is 15.8 Å². The molecule has 0 aliphatic rings. The standard InChI is InChI=1S/C20H22FN5O3S2/c1-14-6-4-5-7-17(14)22-19(27)13-30-20-24-23-18(25(20)2)12-26(31(3,28)29)16-10-8-15(21)9-11-16/h4-11H,12-13H2,1-3H3,(H,22,27). The number of benzene rings is 2. The van der Waals surface area contributed by atoms with E-state index in [4.69, 9.17) is 0 Å². The number of hydrogen-bond acceptors (Lipinski definition) is 6. The Labute approximate surface area is 184 Å². The maximum absolute atomic E-state index is 13.2. The number of anilines is 2. The predicted molar refractivity (Wildman–Crippen MR) is 119 cm³/mol. The number of rotatable bonds is 8. The summed E-state index contributed by atoms with van der Waals surface area (Å²) in [6, 6.07) is 12.6. The lowest BCUT2D eigenvalue weighted by Gasteiger charge is -2.21. The molecule has 31 heavy (non-hydrogen) atoms. The molecule has 0 unspecified atom stereocenters. The van der Waals surface area contributed by atoms with E-state index in [2.05, 4.69) is 15.5 Å². The van der Waals surface area contributed by atoms with Crippen LogP contribution in [0.3, 0.4) is 0 Å². The number of aryl methyl sites for hydroxylation is 1. The zero-order valence-electron chi connectivity index (χ0n) is 17.2. The topological polar surface area (TPSA) is 97.2 Å². The van der Waals surface area contributed by atoms with E-state index in [-0.39, 0.29) is 18.2 Å². The second-order valence-corrected chi connectivity index (χ2v) is 9.70. The third-order valence-electron chi connectivity index (χ3n) is 4.48. The molecule has 3 aromatic rings. The Kier molecular flexibility index (Phi) is 6.96. The Morgan fingerprint density at radius 2 is 1.84 bits per heavy atom. The monoisotopic (exact) mass is 463 g/mol. The molecule has 0 spiro atoms. The van der Waals surface area contributed by atoms with Gasteiger partial charge in [-0.1, -0.05) is 30.0 Å². The maximum Gasteiger partial charge on any atom is 0.234 e. The molecule has 2 aromatic carbocycles. The number of amides is 1. The summed E-state index contributed by atoms with van der Waals surface area (Å²) in [6.45, 7) is 1.83. The van der Waals surface area contributed by atoms with Crippen molar-refractivity contribution in [2.45, 2.75) is 18.6 Å². The first-order valence-corrected chi connectivity index (χ1v) is 12.1. The Hall–Kier alpha value is -2.92. The van der Waals surface area contributed by atoms with Crippen molar-refractivity contribution >= 4 is 39.1 Å². The largest absolute Gasteiger partial charge is 0.325 e. The fourth-order valence-electron chi connectivity index (χ4n) is 2.77. The summed E-state index contributed by atoms with van der Waals surface area (Å²) in [5, 5.41) is 11.5. The molecule has 11 heteroatoms. The molecule has 0 saturated carbocycles. The van der Waals surface area contributed by atoms with Crippen molar-refractivity contribution in [1.29, 1.82) is 0 Å². The van der Waals surface area contributed by atoms with Crippen LogP contribution in [0.1, 0.15) is 11.4 Å². The van der Waals surface area contributed by atoms with Crippen LogP contribution in [0.4, 0.5) is 15.8 Å². The Balaban J connectivity index is 1.69. The Bertz CT molecular complexity index is 1180. The first-order chi connectivity index (χ1) is 14.6. The predicted octanol–water partition coefficient (Wildman–Crippen LogP) is 2.96. The van der Waals surface area contributed by atoms with Gasteiger partial charge in [0.25, 0.3) is 0 Å². The lowest BCUT2D eigenvalue weighted by atomic mass is 10.2. The van der Waals surface area contributed by atoms with Gasteiger partial charge in [0.2, 0.25) is 15.9 Å². The highest BCUT2D eigenvalue weighted by molar-refractivity contribution is 7.99. The summed E-state index contributed by atoms with van der Waals surface area (Å²) in [5.74, 6) is -0.142. The van der Waals surface area contributed by atoms with Gasteiger partial charge in [-0.2, -0.15) is 0 Å². The number of sulfonamides is 1. The Morgan fingerprint density at radius 1 is 1.16 bits per heavy atom. The number of nitrogens with zero attached hydrogens (tertiary/aromatic N) is 4. The molecule has 1 aromatic heterocycles. The van der Waals surface area contributed by atoms with E-state index in [0.717, 1.165) is 21.8 Å². The molecular formula is C20H22FN5O3S2. The van der Waals surface area contributed by atoms with Crippen molar-refractivity contribution in [1.82, 2.24) is 14.8 Å². The molecule has 0 saturated heterocycles. The van der Waals surface area contributed by atoms with Crippen LogP contribution in [0.5, 0.6) is 0 Å². The van der Waals surface area contributed by atoms with Crippen LogP contribution in [-0.4, -0.2) is 41.1 Å². The van der Waals surface area contributed by atoms with Crippen molar-refractivity contribution in [3.63, 3.8) is 0 Å². The molecular weight excluding hydrogens is 441 g/mol. The van der Waals surface area contributed by atoms with Gasteiger partial charge >= 0.3 is 0 Å². The molecule has 0 atom stereocenters. The normalized spacial score (nSPS) is 11.4. The summed E-state index contributed by atoms with van der Waals surface area (Å²) < 4.78 is 40.5. The van der Waals surface area contributed by atoms with Gasteiger partial charge in [-0.25, -0.2) is 12.8 Å². The quantitative estimate of drug-likeness (QED) is 0.516. The summed E-state index contributed by atoms with van der Waals surface area (Å²) in [5.41, 5.74) is 2.03. The second kappa shape index (κ2) is 9.48. The van der Waals surface area contributed by atoms with Crippen LogP contribution in [-0.2, 0) is 28.4 Å². The van der Waals surface area contributed by atoms with Crippen LogP contribution in [0.15, 0.2) is 53.7 Å². The van der Waals surface area contributed by atoms with Crippen LogP contribution in [0.25, 0.3) is 0 Å². The minimum Gasteiger partial charge on any atom is -0.325 e. The number of aromatic nitrogens is 3. The lowest BCUT2D eigenvalue weighted by molar-refractivity contribution is -0.113. The summed E-state index contributed by atoms with van der Waals surface area (Å²) in [7, 11) is -1.95. The van der Waals surface area contributed by atoms with Crippen molar-refractivity contribution in [3.05, 3.63) is 65.7 Å². The van der Waals surface area contributed by atoms with E-state index >= 15 is 0 Å². The number of carbonyl (C=O) groups excluding carboxylic acids is 1. The molecule has 0 fully saturated rings. The van der Waals surface area contributed by atoms with E-state index in [9.17, 15) is 17.6 Å². The summed E-state index contributed by atoms with van der Waals surface area (Å²) in [4.78, 5) is 12.3. The van der Waals surface area contributed by atoms with E-state index in [1.807, 2.05) is 31.2 Å². The molecule has 1 amide bonds. The van der Waals surface area contributed by atoms with Gasteiger partial charge in [0.05, 0.1) is 24.2 Å². The van der Waals surface area contributed by atoms with Crippen molar-refractivity contribution in [2.75, 3.05) is 21.6 Å². The molecule has 3 rings (SSSR count). The van der Waals surface area contributed by atoms with Crippen molar-refractivity contribution < 1.29 is 17.6 Å². The highest BCUT2D eigenvalue weighted by Gasteiger charge is 2.22. The smallest absolute Gasteiger partial charge is 0.234 e. The molecule has 1 heterocycles. The average Bonchev–Trinajstić information content (AvgIpc) is 3.06. The number of nitrogens with one attached hydrogen (secondary N) is 1. The van der Waals surface area contributed by atoms with Crippen LogP contribution < -0.4 is 9.62 Å². The number of carbonyl (C=O) groups is 1. The van der Waals surface area contributed by atoms with E-state index in [1.54, 1.807) is 11.6 Å². The molecule has 0 aliphatic carbocycles. The second-order valence-electron chi connectivity index (χ2n) is 6.86. The van der Waals surface area contributed by atoms with E-state index in [1.165, 1.54) is 36.0 Å². The van der Waals surface area contributed by atoms with Crippen LogP contribution in [0, 0.1) is 12.7 Å². The minimum absolute atomic E-state index is 0.0794. The van der Waals surface area contributed by atoms with E-state index in [0.29, 0.717) is 16.7 Å². The number of hydrogen-bond donors (Lipinski definition) is 1. The number of thioether (sulfide) groups is 1. The minimum atomic E-state index is -3.64. The molecule has 1 N–H and O–H groups in total. The number of halogens is 1. The Morgan fingerprint density at radius 3 is 2.48 bits per heavy atom. The fourth-order valence-corrected chi connectivity index (χ4v) is 4.36. The maximum atomic E-state index is 13.2. The van der Waals surface area contributed by atoms with Gasteiger partial charge in [0.1, 0.15) is 5.82 Å². The molecule has 0 radical (unpaired) electrons. The van der Waals surface area contributed by atoms with Gasteiger partial charge in [-0.15, -0.1) is 10.2 Å². The third kappa shape index (κ3) is 5.82. The molecule has 0 aliphatic heterocycles. The van der Waals surface area contributed by atoms with Crippen LogP contribution >= 0.6 is 11.8 Å². The zero-order valence-corrected chi connectivity index (χ0v) is 18.9. The molecule has 164 valence electrons. The third-order valence-corrected chi connectivity index (χ3v) is 6.64. The average molecular weight is 464 g/mol. The lowest BCUT2D eigenvalue weighted by Crippen LogP contribution is -2.30. The number of para-hydroxylation sites is 1. The van der Waals surface area contributed by atoms with Gasteiger partial charge in [-0.3, -0.25) is 9.10 Å². The van der Waals surface area contributed by atoms with Gasteiger partial charge in [-0.05, 0) is 42.8 Å². The van der Waals surface area contributed by atoms with Crippen molar-refractivity contribution in [2.24, 2.45) is 7.05 Å². The van der Waals surface area contributed by atoms with Crippen molar-refractivity contribution in [3.8, 4) is 0 Å². The first kappa shape index (κ1) is 22.8. The zero-order chi connectivity index (χ0) is 22.6. The van der Waals surface area contributed by atoms with Crippen LogP contribution in [0.2, 0.25) is 0 Å². The SMILES string of the molecule is Cc1ccccc1NC(=O)CSc1nnc(CN(c2ccc(F)cc2)S(C)(=O)=O)n1C. The molecule has 0 bridgehead atoms. The highest BCUT2D eigenvalue weighted by atomic mass is 32.2. The van der Waals surface area contributed by atoms with Gasteiger partial charge < -0.3 is 9.88 Å². The molecule has 8 nitrogen and oxygen atoms in total. The van der Waals surface area contributed by atoms with Gasteiger partial charge in [0, 0.05) is 12.7 Å². The highest BCUT2D eigenvalue weighted by Crippen LogP contribution is 2.23. The van der Waals surface area contributed by atoms with Gasteiger partial charge in [0.15, 0.2) is 11.0 Å². The summed E-state index contributed by atoms with van der Waals surface area (Å²) in [6.07, 6.45) is 1.07.